The first-order chi connectivity index (χ1) is 8.23. The molecule has 1 aliphatic rings. The second-order valence-electron chi connectivity index (χ2n) is 4.68. The topological polar surface area (TPSA) is 29.1 Å². The molecule has 1 aliphatic carbocycles. The molecule has 0 atom stereocenters. The summed E-state index contributed by atoms with van der Waals surface area (Å²) in [6, 6.07) is 2.69. The number of hydrogen-bond donors (Lipinski definition) is 1. The van der Waals surface area contributed by atoms with Crippen molar-refractivity contribution in [3.05, 3.63) is 35.1 Å². The zero-order valence-corrected chi connectivity index (χ0v) is 9.57. The number of halogens is 4. The second kappa shape index (κ2) is 3.96. The maximum atomic E-state index is 13.6. The Morgan fingerprint density at radius 2 is 1.94 bits per heavy atom. The fourth-order valence-corrected chi connectivity index (χ4v) is 1.58. The maximum absolute atomic E-state index is 13.6. The highest BCUT2D eigenvalue weighted by atomic mass is 19.4. The van der Waals surface area contributed by atoms with Crippen LogP contribution in [0.2, 0.25) is 0 Å². The minimum atomic E-state index is -4.80. The Kier molecular flexibility index (Phi) is 2.83. The number of amides is 1. The number of nitrogens with one attached hydrogen (secondary N) is 1. The molecule has 0 heterocycles. The quantitative estimate of drug-likeness (QED) is 0.814. The van der Waals surface area contributed by atoms with Crippen molar-refractivity contribution < 1.29 is 22.4 Å². The molecule has 0 spiro atoms. The highest BCUT2D eigenvalue weighted by Gasteiger charge is 2.40. The average molecular weight is 261 g/mol. The van der Waals surface area contributed by atoms with E-state index in [4.69, 9.17) is 0 Å². The molecule has 0 radical (unpaired) electrons. The number of carbonyl (C=O) groups is 1. The fourth-order valence-electron chi connectivity index (χ4n) is 1.58. The predicted molar refractivity (Wildman–Crippen MR) is 56.5 cm³/mol. The molecule has 0 aromatic heterocycles. The van der Waals surface area contributed by atoms with Crippen LogP contribution in [0.25, 0.3) is 0 Å². The number of benzene rings is 1. The Morgan fingerprint density at radius 3 is 2.44 bits per heavy atom. The molecule has 0 bridgehead atoms. The van der Waals surface area contributed by atoms with Crippen molar-refractivity contribution in [2.24, 2.45) is 0 Å². The summed E-state index contributed by atoms with van der Waals surface area (Å²) in [4.78, 5) is 11.7. The summed E-state index contributed by atoms with van der Waals surface area (Å²) in [6.07, 6.45) is -3.30. The van der Waals surface area contributed by atoms with E-state index in [9.17, 15) is 22.4 Å². The Balaban J connectivity index is 2.31. The molecule has 1 aromatic rings. The standard InChI is InChI=1S/C12H11F4NO/c1-11(5-6-11)17-10(18)7-3-2-4-8(9(7)13)12(14,15)16/h2-4H,5-6H2,1H3,(H,17,18). The smallest absolute Gasteiger partial charge is 0.347 e. The van der Waals surface area contributed by atoms with Crippen molar-refractivity contribution in [3.8, 4) is 0 Å². The molecule has 1 amide bonds. The second-order valence-corrected chi connectivity index (χ2v) is 4.68. The SMILES string of the molecule is CC1(NC(=O)c2cccc(C(F)(F)F)c2F)CC1. The van der Waals surface area contributed by atoms with Crippen molar-refractivity contribution in [1.29, 1.82) is 0 Å². The molecule has 1 saturated carbocycles. The summed E-state index contributed by atoms with van der Waals surface area (Å²) in [5.74, 6) is -2.33. The lowest BCUT2D eigenvalue weighted by Gasteiger charge is -2.14. The zero-order chi connectivity index (χ0) is 13.6. The van der Waals surface area contributed by atoms with Gasteiger partial charge in [-0.2, -0.15) is 13.2 Å². The predicted octanol–water partition coefficient (Wildman–Crippen LogP) is 3.13. The minimum absolute atomic E-state index is 0.405. The number of alkyl halides is 3. The molecule has 6 heteroatoms. The lowest BCUT2D eigenvalue weighted by molar-refractivity contribution is -0.140. The molecule has 0 saturated heterocycles. The molecule has 2 nitrogen and oxygen atoms in total. The van der Waals surface area contributed by atoms with Crippen LogP contribution in [0.3, 0.4) is 0 Å². The van der Waals surface area contributed by atoms with Gasteiger partial charge in [-0.3, -0.25) is 4.79 Å². The van der Waals surface area contributed by atoms with E-state index in [-0.39, 0.29) is 0 Å². The van der Waals surface area contributed by atoms with Crippen LogP contribution in [0.5, 0.6) is 0 Å². The molecule has 0 aliphatic heterocycles. The van der Waals surface area contributed by atoms with Crippen LogP contribution in [0, 0.1) is 5.82 Å². The molecule has 18 heavy (non-hydrogen) atoms. The largest absolute Gasteiger partial charge is 0.419 e. The van der Waals surface area contributed by atoms with Crippen LogP contribution in [0.1, 0.15) is 35.7 Å². The number of carbonyl (C=O) groups excluding carboxylic acids is 1. The summed E-state index contributed by atoms with van der Waals surface area (Å²) >= 11 is 0. The summed E-state index contributed by atoms with van der Waals surface area (Å²) in [6.45, 7) is 1.76. The Labute approximate surface area is 101 Å². The van der Waals surface area contributed by atoms with Crippen molar-refractivity contribution in [2.45, 2.75) is 31.5 Å². The molecule has 2 rings (SSSR count). The zero-order valence-electron chi connectivity index (χ0n) is 9.57. The number of rotatable bonds is 2. The first kappa shape index (κ1) is 12.9. The van der Waals surface area contributed by atoms with Crippen molar-refractivity contribution in [2.75, 3.05) is 0 Å². The third-order valence-electron chi connectivity index (χ3n) is 2.96. The van der Waals surface area contributed by atoms with Gasteiger partial charge >= 0.3 is 6.18 Å². The van der Waals surface area contributed by atoms with Crippen LogP contribution in [-0.2, 0) is 6.18 Å². The van der Waals surface area contributed by atoms with Gasteiger partial charge in [-0.05, 0) is 31.9 Å². The normalized spacial score (nSPS) is 17.4. The van der Waals surface area contributed by atoms with Crippen LogP contribution in [0.4, 0.5) is 17.6 Å². The van der Waals surface area contributed by atoms with E-state index >= 15 is 0 Å². The minimum Gasteiger partial charge on any atom is -0.347 e. The van der Waals surface area contributed by atoms with Crippen molar-refractivity contribution in [1.82, 2.24) is 5.32 Å². The van der Waals surface area contributed by atoms with Gasteiger partial charge in [0.2, 0.25) is 0 Å². The van der Waals surface area contributed by atoms with Gasteiger partial charge in [0.05, 0.1) is 11.1 Å². The van der Waals surface area contributed by atoms with E-state index in [0.29, 0.717) is 6.07 Å². The van der Waals surface area contributed by atoms with Crippen LogP contribution >= 0.6 is 0 Å². The fraction of sp³-hybridized carbons (Fsp3) is 0.417. The average Bonchev–Trinajstić information content (AvgIpc) is 2.94. The van der Waals surface area contributed by atoms with E-state index in [1.54, 1.807) is 6.92 Å². The van der Waals surface area contributed by atoms with Gasteiger partial charge in [-0.15, -0.1) is 0 Å². The lowest BCUT2D eigenvalue weighted by atomic mass is 10.1. The first-order valence-electron chi connectivity index (χ1n) is 5.41. The van der Waals surface area contributed by atoms with E-state index < -0.39 is 34.6 Å². The molecule has 1 aromatic carbocycles. The van der Waals surface area contributed by atoms with Gasteiger partial charge < -0.3 is 5.32 Å². The highest BCUT2D eigenvalue weighted by Crippen LogP contribution is 2.35. The van der Waals surface area contributed by atoms with Crippen molar-refractivity contribution in [3.63, 3.8) is 0 Å². The monoisotopic (exact) mass is 261 g/mol. The third kappa shape index (κ3) is 2.47. The maximum Gasteiger partial charge on any atom is 0.419 e. The molecule has 98 valence electrons. The van der Waals surface area contributed by atoms with Gasteiger partial charge in [0.1, 0.15) is 5.82 Å². The van der Waals surface area contributed by atoms with Crippen molar-refractivity contribution >= 4 is 5.91 Å². The molecule has 0 unspecified atom stereocenters. The summed E-state index contributed by atoms with van der Waals surface area (Å²) in [5, 5.41) is 2.52. The highest BCUT2D eigenvalue weighted by molar-refractivity contribution is 5.95. The van der Waals surface area contributed by atoms with Gasteiger partial charge in [0.25, 0.3) is 5.91 Å². The van der Waals surface area contributed by atoms with E-state index in [0.717, 1.165) is 25.0 Å². The van der Waals surface area contributed by atoms with Gasteiger partial charge in [-0.25, -0.2) is 4.39 Å². The van der Waals surface area contributed by atoms with Gasteiger partial charge in [-0.1, -0.05) is 6.07 Å². The third-order valence-corrected chi connectivity index (χ3v) is 2.96. The van der Waals surface area contributed by atoms with Gasteiger partial charge in [0, 0.05) is 5.54 Å². The summed E-state index contributed by atoms with van der Waals surface area (Å²) in [5.41, 5.74) is -2.40. The Morgan fingerprint density at radius 1 is 1.33 bits per heavy atom. The first-order valence-corrected chi connectivity index (χ1v) is 5.41. The van der Waals surface area contributed by atoms with E-state index in [1.807, 2.05) is 0 Å². The van der Waals surface area contributed by atoms with Crippen LogP contribution in [0.15, 0.2) is 18.2 Å². The Bertz CT molecular complexity index is 491. The molecular formula is C12H11F4NO. The summed E-state index contributed by atoms with van der Waals surface area (Å²) in [7, 11) is 0. The molecular weight excluding hydrogens is 250 g/mol. The molecule has 1 fully saturated rings. The van der Waals surface area contributed by atoms with Gasteiger partial charge in [0.15, 0.2) is 0 Å². The van der Waals surface area contributed by atoms with Crippen LogP contribution < -0.4 is 5.32 Å². The molecule has 1 N–H and O–H groups in total. The number of hydrogen-bond acceptors (Lipinski definition) is 1. The summed E-state index contributed by atoms with van der Waals surface area (Å²) < 4.78 is 51.0. The lowest BCUT2D eigenvalue weighted by Crippen LogP contribution is -2.35. The van der Waals surface area contributed by atoms with Crippen LogP contribution in [-0.4, -0.2) is 11.4 Å². The van der Waals surface area contributed by atoms with E-state index in [1.165, 1.54) is 0 Å². The Hall–Kier alpha value is -1.59. The van der Waals surface area contributed by atoms with E-state index in [2.05, 4.69) is 5.32 Å².